The van der Waals surface area contributed by atoms with Crippen LogP contribution in [0, 0.1) is 16.7 Å². The van der Waals surface area contributed by atoms with Crippen molar-refractivity contribution in [1.82, 2.24) is 0 Å². The second-order valence-corrected chi connectivity index (χ2v) is 7.16. The molecule has 0 amide bonds. The van der Waals surface area contributed by atoms with Gasteiger partial charge in [0.15, 0.2) is 0 Å². The van der Waals surface area contributed by atoms with E-state index in [-0.39, 0.29) is 0 Å². The van der Waals surface area contributed by atoms with Crippen molar-refractivity contribution in [3.63, 3.8) is 0 Å². The van der Waals surface area contributed by atoms with Crippen LogP contribution in [0.3, 0.4) is 0 Å². The Labute approximate surface area is 89.2 Å². The normalized spacial score (nSPS) is 28.7. The van der Waals surface area contributed by atoms with E-state index in [4.69, 9.17) is 4.74 Å². The van der Waals surface area contributed by atoms with Crippen LogP contribution in [0.1, 0.15) is 54.4 Å². The Balaban J connectivity index is 2.36. The fourth-order valence-electron chi connectivity index (χ4n) is 2.17. The van der Waals surface area contributed by atoms with E-state index in [0.29, 0.717) is 16.9 Å². The van der Waals surface area contributed by atoms with Crippen molar-refractivity contribution in [3.05, 3.63) is 0 Å². The highest BCUT2D eigenvalue weighted by Gasteiger charge is 2.36. The first-order valence-corrected chi connectivity index (χ1v) is 5.79. The monoisotopic (exact) mass is 198 g/mol. The SMILES string of the molecule is CC(C)(C)C[C@@H]1CO[C@H]1CC(C)(C)C. The molecule has 0 aromatic heterocycles. The third-order valence-electron chi connectivity index (χ3n) is 2.74. The summed E-state index contributed by atoms with van der Waals surface area (Å²) in [6.45, 7) is 14.8. The van der Waals surface area contributed by atoms with Crippen LogP contribution in [0.15, 0.2) is 0 Å². The van der Waals surface area contributed by atoms with E-state index in [1.165, 1.54) is 12.8 Å². The molecule has 0 bridgehead atoms. The molecule has 1 heteroatoms. The Morgan fingerprint density at radius 2 is 1.43 bits per heavy atom. The lowest BCUT2D eigenvalue weighted by atomic mass is 9.75. The maximum Gasteiger partial charge on any atom is 0.0630 e. The smallest absolute Gasteiger partial charge is 0.0630 e. The molecular formula is C13H26O. The summed E-state index contributed by atoms with van der Waals surface area (Å²) in [7, 11) is 0. The van der Waals surface area contributed by atoms with E-state index >= 15 is 0 Å². The number of hydrogen-bond acceptors (Lipinski definition) is 1. The average Bonchev–Trinajstić information content (AvgIpc) is 1.91. The zero-order valence-electron chi connectivity index (χ0n) is 10.7. The van der Waals surface area contributed by atoms with Crippen LogP contribution in [0.2, 0.25) is 0 Å². The summed E-state index contributed by atoms with van der Waals surface area (Å²) >= 11 is 0. The summed E-state index contributed by atoms with van der Waals surface area (Å²) in [5.74, 6) is 0.800. The zero-order chi connectivity index (χ0) is 11.0. The molecule has 2 atom stereocenters. The maximum absolute atomic E-state index is 5.67. The Morgan fingerprint density at radius 1 is 0.929 bits per heavy atom. The number of rotatable bonds is 2. The molecule has 14 heavy (non-hydrogen) atoms. The minimum atomic E-state index is 0.404. The van der Waals surface area contributed by atoms with Crippen molar-refractivity contribution in [2.75, 3.05) is 6.61 Å². The van der Waals surface area contributed by atoms with Crippen LogP contribution in [0.25, 0.3) is 0 Å². The van der Waals surface area contributed by atoms with Crippen molar-refractivity contribution < 1.29 is 4.74 Å². The van der Waals surface area contributed by atoms with Crippen molar-refractivity contribution in [3.8, 4) is 0 Å². The van der Waals surface area contributed by atoms with Crippen LogP contribution < -0.4 is 0 Å². The van der Waals surface area contributed by atoms with Gasteiger partial charge in [-0.15, -0.1) is 0 Å². The largest absolute Gasteiger partial charge is 0.377 e. The molecule has 0 aromatic rings. The lowest BCUT2D eigenvalue weighted by Gasteiger charge is -2.43. The molecule has 0 saturated carbocycles. The molecule has 0 N–H and O–H groups in total. The van der Waals surface area contributed by atoms with Crippen LogP contribution in [-0.2, 0) is 4.74 Å². The Hall–Kier alpha value is -0.0400. The first-order valence-electron chi connectivity index (χ1n) is 5.79. The van der Waals surface area contributed by atoms with Gasteiger partial charge in [0.25, 0.3) is 0 Å². The summed E-state index contributed by atoms with van der Waals surface area (Å²) in [5.41, 5.74) is 0.853. The predicted octanol–water partition coefficient (Wildman–Crippen LogP) is 3.87. The Morgan fingerprint density at radius 3 is 1.71 bits per heavy atom. The van der Waals surface area contributed by atoms with E-state index in [9.17, 15) is 0 Å². The molecule has 1 heterocycles. The Bertz CT molecular complexity index is 160. The van der Waals surface area contributed by atoms with Crippen LogP contribution in [-0.4, -0.2) is 12.7 Å². The molecule has 0 radical (unpaired) electrons. The highest BCUT2D eigenvalue weighted by Crippen LogP contribution is 2.38. The fraction of sp³-hybridized carbons (Fsp3) is 1.00. The van der Waals surface area contributed by atoms with Gasteiger partial charge < -0.3 is 4.74 Å². The first kappa shape index (κ1) is 12.0. The maximum atomic E-state index is 5.67. The highest BCUT2D eigenvalue weighted by molar-refractivity contribution is 4.85. The summed E-state index contributed by atoms with van der Waals surface area (Å²) < 4.78 is 5.67. The third-order valence-corrected chi connectivity index (χ3v) is 2.74. The summed E-state index contributed by atoms with van der Waals surface area (Å²) in [6.07, 6.45) is 3.02. The molecular weight excluding hydrogens is 172 g/mol. The predicted molar refractivity (Wildman–Crippen MR) is 61.4 cm³/mol. The molecule has 1 aliphatic heterocycles. The van der Waals surface area contributed by atoms with Crippen LogP contribution in [0.5, 0.6) is 0 Å². The second kappa shape index (κ2) is 3.84. The van der Waals surface area contributed by atoms with Gasteiger partial charge in [-0.2, -0.15) is 0 Å². The molecule has 1 fully saturated rings. The van der Waals surface area contributed by atoms with E-state index < -0.39 is 0 Å². The molecule has 1 saturated heterocycles. The van der Waals surface area contributed by atoms with Crippen LogP contribution >= 0.6 is 0 Å². The lowest BCUT2D eigenvalue weighted by molar-refractivity contribution is -0.141. The van der Waals surface area contributed by atoms with Gasteiger partial charge >= 0.3 is 0 Å². The van der Waals surface area contributed by atoms with Gasteiger partial charge in [0.05, 0.1) is 12.7 Å². The summed E-state index contributed by atoms with van der Waals surface area (Å²) in [4.78, 5) is 0. The number of ether oxygens (including phenoxy) is 1. The van der Waals surface area contributed by atoms with Crippen molar-refractivity contribution >= 4 is 0 Å². The van der Waals surface area contributed by atoms with Gasteiger partial charge in [0, 0.05) is 5.92 Å². The van der Waals surface area contributed by atoms with E-state index in [1.54, 1.807) is 0 Å². The number of hydrogen-bond donors (Lipinski definition) is 0. The van der Waals surface area contributed by atoms with Crippen LogP contribution in [0.4, 0.5) is 0 Å². The van der Waals surface area contributed by atoms with E-state index in [0.717, 1.165) is 12.5 Å². The third kappa shape index (κ3) is 4.00. The quantitative estimate of drug-likeness (QED) is 0.654. The highest BCUT2D eigenvalue weighted by atomic mass is 16.5. The molecule has 0 spiro atoms. The van der Waals surface area contributed by atoms with Gasteiger partial charge in [-0.1, -0.05) is 41.5 Å². The van der Waals surface area contributed by atoms with Crippen molar-refractivity contribution in [2.45, 2.75) is 60.5 Å². The standard InChI is InChI=1S/C13H26O/c1-12(2,3)7-10-9-14-11(10)8-13(4,5)6/h10-11H,7-9H2,1-6H3/t10-,11+/m1/s1. The molecule has 84 valence electrons. The summed E-state index contributed by atoms with van der Waals surface area (Å²) in [5, 5.41) is 0. The van der Waals surface area contributed by atoms with Gasteiger partial charge in [-0.3, -0.25) is 0 Å². The van der Waals surface area contributed by atoms with Crippen molar-refractivity contribution in [2.24, 2.45) is 16.7 Å². The Kier molecular flexibility index (Phi) is 3.30. The molecule has 0 aliphatic carbocycles. The molecule has 1 nitrogen and oxygen atoms in total. The average molecular weight is 198 g/mol. The van der Waals surface area contributed by atoms with E-state index in [1.807, 2.05) is 0 Å². The molecule has 0 unspecified atom stereocenters. The topological polar surface area (TPSA) is 9.23 Å². The zero-order valence-corrected chi connectivity index (χ0v) is 10.7. The van der Waals surface area contributed by atoms with Gasteiger partial charge in [0.2, 0.25) is 0 Å². The minimum Gasteiger partial charge on any atom is -0.377 e. The van der Waals surface area contributed by atoms with Gasteiger partial charge in [-0.05, 0) is 23.7 Å². The van der Waals surface area contributed by atoms with Crippen molar-refractivity contribution in [1.29, 1.82) is 0 Å². The molecule has 0 aromatic carbocycles. The first-order chi connectivity index (χ1) is 6.17. The van der Waals surface area contributed by atoms with E-state index in [2.05, 4.69) is 41.5 Å². The van der Waals surface area contributed by atoms with Gasteiger partial charge in [0.1, 0.15) is 0 Å². The van der Waals surface area contributed by atoms with Gasteiger partial charge in [-0.25, -0.2) is 0 Å². The minimum absolute atomic E-state index is 0.404. The second-order valence-electron chi connectivity index (χ2n) is 7.16. The fourth-order valence-corrected chi connectivity index (χ4v) is 2.17. The molecule has 1 aliphatic rings. The molecule has 1 rings (SSSR count). The summed E-state index contributed by atoms with van der Waals surface area (Å²) in [6, 6.07) is 0. The lowest BCUT2D eigenvalue weighted by Crippen LogP contribution is -2.43.